The fourth-order valence-electron chi connectivity index (χ4n) is 3.78. The lowest BCUT2D eigenvalue weighted by atomic mass is 9.89. The first-order valence-corrected chi connectivity index (χ1v) is 9.36. The molecular formula is C22H22N4O2. The topological polar surface area (TPSA) is 89.2 Å². The molecule has 2 N–H and O–H groups in total. The van der Waals surface area contributed by atoms with Crippen molar-refractivity contribution < 1.29 is 9.59 Å². The number of rotatable bonds is 4. The fraction of sp³-hybridized carbons (Fsp3) is 0.273. The summed E-state index contributed by atoms with van der Waals surface area (Å²) in [5.74, 6) is -0.214. The van der Waals surface area contributed by atoms with Crippen LogP contribution in [0.15, 0.2) is 42.5 Å². The maximum atomic E-state index is 13.3. The third-order valence-corrected chi connectivity index (χ3v) is 5.32. The van der Waals surface area contributed by atoms with Crippen molar-refractivity contribution in [3.8, 4) is 0 Å². The lowest BCUT2D eigenvalue weighted by Crippen LogP contribution is -2.27. The summed E-state index contributed by atoms with van der Waals surface area (Å²) in [5, 5.41) is 0.625. The van der Waals surface area contributed by atoms with E-state index in [-0.39, 0.29) is 29.4 Å². The van der Waals surface area contributed by atoms with Gasteiger partial charge in [-0.2, -0.15) is 0 Å². The quantitative estimate of drug-likeness (QED) is 0.708. The standard InChI is InChI=1S/C22H22N4O2/c1-13(2)18(12-27)14-7-8-19-17(9-14)20(25-22(23)24-19)21(28)26-10-15-5-3-4-6-16(15)11-26/h3-9,12-13,18H,10-11H2,1-2H3,(H2,23,24,25). The molecule has 1 aliphatic heterocycles. The van der Waals surface area contributed by atoms with E-state index in [0.717, 1.165) is 23.0 Å². The number of aldehydes is 1. The number of nitrogens with two attached hydrogens (primary N) is 1. The van der Waals surface area contributed by atoms with Crippen molar-refractivity contribution in [3.05, 3.63) is 64.8 Å². The van der Waals surface area contributed by atoms with Gasteiger partial charge in [-0.3, -0.25) is 4.79 Å². The number of nitrogen functional groups attached to an aromatic ring is 1. The first-order chi connectivity index (χ1) is 13.5. The van der Waals surface area contributed by atoms with Crippen LogP contribution >= 0.6 is 0 Å². The molecule has 1 unspecified atom stereocenters. The van der Waals surface area contributed by atoms with Gasteiger partial charge < -0.3 is 15.4 Å². The van der Waals surface area contributed by atoms with Gasteiger partial charge in [-0.05, 0) is 34.7 Å². The van der Waals surface area contributed by atoms with Crippen LogP contribution in [0.2, 0.25) is 0 Å². The average Bonchev–Trinajstić information content (AvgIpc) is 3.11. The fourth-order valence-corrected chi connectivity index (χ4v) is 3.78. The van der Waals surface area contributed by atoms with E-state index in [2.05, 4.69) is 9.97 Å². The molecule has 6 nitrogen and oxygen atoms in total. The lowest BCUT2D eigenvalue weighted by Gasteiger charge is -2.18. The molecule has 1 aliphatic rings. The number of hydrogen-bond donors (Lipinski definition) is 1. The van der Waals surface area contributed by atoms with Crippen molar-refractivity contribution in [2.45, 2.75) is 32.9 Å². The maximum absolute atomic E-state index is 13.3. The van der Waals surface area contributed by atoms with E-state index >= 15 is 0 Å². The highest BCUT2D eigenvalue weighted by molar-refractivity contribution is 6.05. The van der Waals surface area contributed by atoms with Gasteiger partial charge in [-0.25, -0.2) is 9.97 Å². The van der Waals surface area contributed by atoms with E-state index in [1.165, 1.54) is 0 Å². The zero-order valence-corrected chi connectivity index (χ0v) is 15.9. The summed E-state index contributed by atoms with van der Waals surface area (Å²) >= 11 is 0. The van der Waals surface area contributed by atoms with Gasteiger partial charge in [0.05, 0.1) is 5.52 Å². The van der Waals surface area contributed by atoms with Crippen molar-refractivity contribution in [1.82, 2.24) is 14.9 Å². The Morgan fingerprint density at radius 2 is 1.79 bits per heavy atom. The summed E-state index contributed by atoms with van der Waals surface area (Å²) in [6, 6.07) is 13.5. The second kappa shape index (κ2) is 7.03. The SMILES string of the molecule is CC(C)C(C=O)c1ccc2nc(N)nc(C(=O)N3Cc4ccccc4C3)c2c1. The number of nitrogens with zero attached hydrogens (tertiary/aromatic N) is 3. The van der Waals surface area contributed by atoms with Crippen molar-refractivity contribution in [3.63, 3.8) is 0 Å². The Hall–Kier alpha value is -3.28. The molecule has 0 radical (unpaired) electrons. The number of benzene rings is 2. The summed E-state index contributed by atoms with van der Waals surface area (Å²) in [6.45, 7) is 5.08. The maximum Gasteiger partial charge on any atom is 0.273 e. The molecule has 3 aromatic rings. The minimum Gasteiger partial charge on any atom is -0.368 e. The number of aromatic nitrogens is 2. The molecule has 0 fully saturated rings. The van der Waals surface area contributed by atoms with Crippen LogP contribution < -0.4 is 5.73 Å². The van der Waals surface area contributed by atoms with Gasteiger partial charge >= 0.3 is 0 Å². The third-order valence-electron chi connectivity index (χ3n) is 5.32. The first kappa shape index (κ1) is 18.1. The van der Waals surface area contributed by atoms with E-state index in [9.17, 15) is 9.59 Å². The Kier molecular flexibility index (Phi) is 4.55. The van der Waals surface area contributed by atoms with Crippen LogP contribution in [0.1, 0.15) is 46.9 Å². The van der Waals surface area contributed by atoms with E-state index in [4.69, 9.17) is 5.73 Å². The Morgan fingerprint density at radius 3 is 2.39 bits per heavy atom. The highest BCUT2D eigenvalue weighted by Gasteiger charge is 2.27. The predicted molar refractivity (Wildman–Crippen MR) is 108 cm³/mol. The minimum atomic E-state index is -0.249. The van der Waals surface area contributed by atoms with Crippen LogP contribution in [0.5, 0.6) is 0 Å². The minimum absolute atomic E-state index is 0.0658. The van der Waals surface area contributed by atoms with Gasteiger partial charge in [0, 0.05) is 24.4 Å². The van der Waals surface area contributed by atoms with E-state index in [0.29, 0.717) is 24.0 Å². The normalized spacial score (nSPS) is 14.3. The molecule has 2 aromatic carbocycles. The Bertz CT molecular complexity index is 1050. The molecule has 1 aromatic heterocycles. The first-order valence-electron chi connectivity index (χ1n) is 9.36. The zero-order valence-electron chi connectivity index (χ0n) is 15.9. The van der Waals surface area contributed by atoms with E-state index in [1.807, 2.05) is 50.2 Å². The molecule has 0 saturated carbocycles. The van der Waals surface area contributed by atoms with Crippen LogP contribution in [-0.2, 0) is 17.9 Å². The lowest BCUT2D eigenvalue weighted by molar-refractivity contribution is -0.109. The van der Waals surface area contributed by atoms with Gasteiger partial charge in [0.1, 0.15) is 12.0 Å². The van der Waals surface area contributed by atoms with Crippen LogP contribution in [-0.4, -0.2) is 27.1 Å². The average molecular weight is 374 g/mol. The van der Waals surface area contributed by atoms with Crippen molar-refractivity contribution in [2.24, 2.45) is 5.92 Å². The zero-order chi connectivity index (χ0) is 19.8. The van der Waals surface area contributed by atoms with E-state index < -0.39 is 0 Å². The Morgan fingerprint density at radius 1 is 1.11 bits per heavy atom. The molecule has 1 amide bonds. The van der Waals surface area contributed by atoms with Crippen molar-refractivity contribution in [1.29, 1.82) is 0 Å². The molecule has 0 spiro atoms. The number of carbonyl (C=O) groups is 2. The van der Waals surface area contributed by atoms with Crippen molar-refractivity contribution >= 4 is 29.0 Å². The number of amides is 1. The second-order valence-corrected chi connectivity index (χ2v) is 7.54. The number of carbonyl (C=O) groups excluding carboxylic acids is 2. The van der Waals surface area contributed by atoms with Crippen LogP contribution in [0.4, 0.5) is 5.95 Å². The number of anilines is 1. The highest BCUT2D eigenvalue weighted by atomic mass is 16.2. The van der Waals surface area contributed by atoms with Gasteiger partial charge in [0.25, 0.3) is 5.91 Å². The summed E-state index contributed by atoms with van der Waals surface area (Å²) < 4.78 is 0. The summed E-state index contributed by atoms with van der Waals surface area (Å²) in [5.41, 5.74) is 9.89. The van der Waals surface area contributed by atoms with Crippen LogP contribution in [0.3, 0.4) is 0 Å². The molecule has 2 heterocycles. The Balaban J connectivity index is 1.77. The molecule has 142 valence electrons. The van der Waals surface area contributed by atoms with Crippen molar-refractivity contribution in [2.75, 3.05) is 5.73 Å². The number of hydrogen-bond acceptors (Lipinski definition) is 5. The third kappa shape index (κ3) is 3.11. The highest BCUT2D eigenvalue weighted by Crippen LogP contribution is 2.29. The van der Waals surface area contributed by atoms with Gasteiger partial charge in [0.15, 0.2) is 0 Å². The summed E-state index contributed by atoms with van der Waals surface area (Å²) in [4.78, 5) is 35.1. The molecule has 0 aliphatic carbocycles. The van der Waals surface area contributed by atoms with Crippen LogP contribution in [0.25, 0.3) is 10.9 Å². The van der Waals surface area contributed by atoms with Crippen LogP contribution in [0, 0.1) is 5.92 Å². The van der Waals surface area contributed by atoms with Gasteiger partial charge in [-0.1, -0.05) is 44.2 Å². The smallest absolute Gasteiger partial charge is 0.273 e. The number of fused-ring (bicyclic) bond motifs is 2. The molecule has 0 bridgehead atoms. The van der Waals surface area contributed by atoms with E-state index in [1.54, 1.807) is 11.0 Å². The second-order valence-electron chi connectivity index (χ2n) is 7.54. The largest absolute Gasteiger partial charge is 0.368 e. The monoisotopic (exact) mass is 374 g/mol. The van der Waals surface area contributed by atoms with Gasteiger partial charge in [-0.15, -0.1) is 0 Å². The summed E-state index contributed by atoms with van der Waals surface area (Å²) in [7, 11) is 0. The summed E-state index contributed by atoms with van der Waals surface area (Å²) in [6.07, 6.45) is 0.947. The predicted octanol–water partition coefficient (Wildman–Crippen LogP) is 3.31. The molecule has 4 rings (SSSR count). The molecule has 0 saturated heterocycles. The molecule has 28 heavy (non-hydrogen) atoms. The molecule has 6 heteroatoms. The molecule has 1 atom stereocenters. The molecular weight excluding hydrogens is 352 g/mol. The Labute approximate surface area is 163 Å². The van der Waals surface area contributed by atoms with Gasteiger partial charge in [0.2, 0.25) is 5.95 Å².